The first-order chi connectivity index (χ1) is 13.9. The van der Waals surface area contributed by atoms with Gasteiger partial charge in [0.2, 0.25) is 0 Å². The molecular formula is C22H28ClO6-. The topological polar surface area (TPSA) is 110 Å². The van der Waals surface area contributed by atoms with Crippen molar-refractivity contribution in [3.8, 4) is 5.75 Å². The first-order valence-corrected chi connectivity index (χ1v) is 10.2. The number of unbranched alkanes of at least 4 members (excludes halogenated alkanes) is 1. The lowest BCUT2D eigenvalue weighted by atomic mass is 9.89. The summed E-state index contributed by atoms with van der Waals surface area (Å²) in [5, 5.41) is 41.6. The highest BCUT2D eigenvalue weighted by Gasteiger charge is 2.39. The second kappa shape index (κ2) is 12.0. The third-order valence-electron chi connectivity index (χ3n) is 5.01. The zero-order valence-corrected chi connectivity index (χ0v) is 16.9. The summed E-state index contributed by atoms with van der Waals surface area (Å²) < 4.78 is 5.50. The van der Waals surface area contributed by atoms with E-state index >= 15 is 0 Å². The summed E-state index contributed by atoms with van der Waals surface area (Å²) >= 11 is 5.89. The average molecular weight is 424 g/mol. The standard InChI is InChI=1S/C22H29ClO6/c23-15-6-5-7-17(12-15)29-14-16(24)10-11-19-18(20(25)13-21(19)26)8-3-1-2-4-9-22(27)28/h1,3,5-7,10-12,16,18-21,24-26H,2,4,8-9,13-14H2,(H,27,28)/p-1/b3-1-,11-10+/t16?,18-,19-,20+,21-/m1/s1. The molecule has 2 rings (SSSR count). The van der Waals surface area contributed by atoms with E-state index < -0.39 is 24.3 Å². The molecule has 5 atom stereocenters. The first kappa shape index (κ1) is 23.4. The highest BCUT2D eigenvalue weighted by atomic mass is 35.5. The SMILES string of the molecule is O=C([O-])CCC/C=C\C[C@@H]1[C@@H](/C=C/C(O)COc2cccc(Cl)c2)[C@H](O)C[C@@H]1O. The highest BCUT2D eigenvalue weighted by Crippen LogP contribution is 2.36. The number of carboxylic acid groups (broad SMARTS) is 1. The number of halogens is 1. The Hall–Kier alpha value is -1.86. The normalized spacial score (nSPS) is 25.7. The molecule has 7 heteroatoms. The van der Waals surface area contributed by atoms with Gasteiger partial charge in [-0.05, 0) is 49.8 Å². The maximum atomic E-state index is 10.4. The molecule has 1 aliphatic rings. The van der Waals surface area contributed by atoms with Gasteiger partial charge in [0.05, 0.1) is 12.2 Å². The van der Waals surface area contributed by atoms with Gasteiger partial charge < -0.3 is 30.0 Å². The third-order valence-corrected chi connectivity index (χ3v) is 5.25. The molecule has 1 aromatic rings. The highest BCUT2D eigenvalue weighted by molar-refractivity contribution is 6.30. The van der Waals surface area contributed by atoms with Gasteiger partial charge in [0.25, 0.3) is 0 Å². The maximum absolute atomic E-state index is 10.4. The molecule has 0 bridgehead atoms. The quantitative estimate of drug-likeness (QED) is 0.370. The summed E-state index contributed by atoms with van der Waals surface area (Å²) in [6.45, 7) is 0.0468. The molecule has 1 fully saturated rings. The molecule has 6 nitrogen and oxygen atoms in total. The van der Waals surface area contributed by atoms with Gasteiger partial charge in [-0.1, -0.05) is 42.0 Å². The molecule has 0 aromatic heterocycles. The number of hydrogen-bond donors (Lipinski definition) is 3. The van der Waals surface area contributed by atoms with E-state index in [0.29, 0.717) is 30.0 Å². The van der Waals surface area contributed by atoms with Crippen molar-refractivity contribution in [1.29, 1.82) is 0 Å². The van der Waals surface area contributed by atoms with Gasteiger partial charge in [-0.2, -0.15) is 0 Å². The molecule has 0 aliphatic heterocycles. The van der Waals surface area contributed by atoms with Crippen molar-refractivity contribution in [2.45, 2.75) is 50.4 Å². The van der Waals surface area contributed by atoms with Crippen LogP contribution in [0.3, 0.4) is 0 Å². The Labute approximate surface area is 176 Å². The van der Waals surface area contributed by atoms with Crippen LogP contribution in [0.5, 0.6) is 5.75 Å². The molecule has 0 heterocycles. The number of aliphatic hydroxyl groups is 3. The second-order valence-corrected chi connectivity index (χ2v) is 7.74. The lowest BCUT2D eigenvalue weighted by Gasteiger charge is -2.19. The molecule has 0 saturated heterocycles. The van der Waals surface area contributed by atoms with Crippen LogP contribution in [-0.2, 0) is 4.79 Å². The largest absolute Gasteiger partial charge is 0.550 e. The Morgan fingerprint density at radius 3 is 2.83 bits per heavy atom. The van der Waals surface area contributed by atoms with Crippen molar-refractivity contribution >= 4 is 17.6 Å². The number of allylic oxidation sites excluding steroid dienone is 2. The van der Waals surface area contributed by atoms with Crippen LogP contribution in [0.2, 0.25) is 5.02 Å². The van der Waals surface area contributed by atoms with Crippen molar-refractivity contribution < 1.29 is 30.0 Å². The van der Waals surface area contributed by atoms with Crippen LogP contribution in [0.15, 0.2) is 48.6 Å². The zero-order chi connectivity index (χ0) is 21.2. The Bertz CT molecular complexity index is 704. The van der Waals surface area contributed by atoms with E-state index in [-0.39, 0.29) is 31.3 Å². The van der Waals surface area contributed by atoms with Gasteiger partial charge in [-0.25, -0.2) is 0 Å². The minimum absolute atomic E-state index is 0.0234. The molecule has 0 amide bonds. The van der Waals surface area contributed by atoms with E-state index in [1.807, 2.05) is 12.2 Å². The minimum atomic E-state index is -1.06. The summed E-state index contributed by atoms with van der Waals surface area (Å²) in [6, 6.07) is 6.89. The van der Waals surface area contributed by atoms with Crippen molar-refractivity contribution in [2.24, 2.45) is 11.8 Å². The molecule has 1 saturated carbocycles. The van der Waals surface area contributed by atoms with E-state index in [9.17, 15) is 25.2 Å². The van der Waals surface area contributed by atoms with Crippen LogP contribution < -0.4 is 9.84 Å². The molecule has 29 heavy (non-hydrogen) atoms. The van der Waals surface area contributed by atoms with Gasteiger partial charge in [0, 0.05) is 23.3 Å². The first-order valence-electron chi connectivity index (χ1n) is 9.82. The predicted octanol–water partition coefficient (Wildman–Crippen LogP) is 1.86. The minimum Gasteiger partial charge on any atom is -0.550 e. The van der Waals surface area contributed by atoms with E-state index in [4.69, 9.17) is 16.3 Å². The summed E-state index contributed by atoms with van der Waals surface area (Å²) in [6.07, 6.45) is 6.93. The average Bonchev–Trinajstić information content (AvgIpc) is 2.93. The number of carbonyl (C=O) groups excluding carboxylic acids is 1. The number of carbonyl (C=O) groups is 1. The fourth-order valence-electron chi connectivity index (χ4n) is 3.49. The van der Waals surface area contributed by atoms with Crippen molar-refractivity contribution in [3.63, 3.8) is 0 Å². The molecule has 1 aromatic carbocycles. The number of ether oxygens (including phenoxy) is 1. The molecule has 0 radical (unpaired) electrons. The lowest BCUT2D eigenvalue weighted by Crippen LogP contribution is -2.21. The molecule has 0 spiro atoms. The molecular weight excluding hydrogens is 396 g/mol. The number of aliphatic carboxylic acids is 1. The third kappa shape index (κ3) is 8.19. The Morgan fingerprint density at radius 1 is 1.31 bits per heavy atom. The predicted molar refractivity (Wildman–Crippen MR) is 108 cm³/mol. The zero-order valence-electron chi connectivity index (χ0n) is 16.2. The molecule has 1 unspecified atom stereocenters. The van der Waals surface area contributed by atoms with Gasteiger partial charge in [-0.15, -0.1) is 0 Å². The molecule has 3 N–H and O–H groups in total. The molecule has 160 valence electrons. The lowest BCUT2D eigenvalue weighted by molar-refractivity contribution is -0.305. The van der Waals surface area contributed by atoms with Crippen molar-refractivity contribution in [3.05, 3.63) is 53.6 Å². The maximum Gasteiger partial charge on any atom is 0.120 e. The summed E-state index contributed by atoms with van der Waals surface area (Å²) in [5.41, 5.74) is 0. The second-order valence-electron chi connectivity index (χ2n) is 7.30. The van der Waals surface area contributed by atoms with Crippen LogP contribution in [0, 0.1) is 11.8 Å². The number of hydrogen-bond acceptors (Lipinski definition) is 6. The van der Waals surface area contributed by atoms with E-state index in [0.717, 1.165) is 0 Å². The molecule has 1 aliphatic carbocycles. The van der Waals surface area contributed by atoms with Gasteiger partial charge >= 0.3 is 0 Å². The smallest absolute Gasteiger partial charge is 0.120 e. The Kier molecular flexibility index (Phi) is 9.67. The Morgan fingerprint density at radius 2 is 2.10 bits per heavy atom. The van der Waals surface area contributed by atoms with Crippen molar-refractivity contribution in [2.75, 3.05) is 6.61 Å². The van der Waals surface area contributed by atoms with Crippen LogP contribution in [-0.4, -0.2) is 46.2 Å². The van der Waals surface area contributed by atoms with Crippen LogP contribution >= 0.6 is 11.6 Å². The van der Waals surface area contributed by atoms with E-state index in [1.54, 1.807) is 36.4 Å². The van der Waals surface area contributed by atoms with Crippen LogP contribution in [0.25, 0.3) is 0 Å². The van der Waals surface area contributed by atoms with Gasteiger partial charge in [0.1, 0.15) is 18.5 Å². The summed E-state index contributed by atoms with van der Waals surface area (Å²) in [7, 11) is 0. The van der Waals surface area contributed by atoms with Crippen molar-refractivity contribution in [1.82, 2.24) is 0 Å². The van der Waals surface area contributed by atoms with Crippen LogP contribution in [0.1, 0.15) is 32.1 Å². The number of aliphatic hydroxyl groups excluding tert-OH is 3. The Balaban J connectivity index is 1.83. The number of benzene rings is 1. The number of rotatable bonds is 11. The number of carboxylic acids is 1. The van der Waals surface area contributed by atoms with E-state index in [1.165, 1.54) is 0 Å². The summed E-state index contributed by atoms with van der Waals surface area (Å²) in [5.74, 6) is -0.947. The monoisotopic (exact) mass is 423 g/mol. The fourth-order valence-corrected chi connectivity index (χ4v) is 3.67. The fraction of sp³-hybridized carbons (Fsp3) is 0.500. The van der Waals surface area contributed by atoms with Gasteiger partial charge in [0.15, 0.2) is 0 Å². The van der Waals surface area contributed by atoms with E-state index in [2.05, 4.69) is 0 Å². The summed E-state index contributed by atoms with van der Waals surface area (Å²) in [4.78, 5) is 10.4. The van der Waals surface area contributed by atoms with Crippen LogP contribution in [0.4, 0.5) is 0 Å². The van der Waals surface area contributed by atoms with Gasteiger partial charge in [-0.3, -0.25) is 0 Å².